The number of hydrogen-bond donors (Lipinski definition) is 2. The Morgan fingerprint density at radius 3 is 2.29 bits per heavy atom. The van der Waals surface area contributed by atoms with Crippen molar-refractivity contribution in [3.63, 3.8) is 0 Å². The number of aliphatic hydroxyl groups is 1. The van der Waals surface area contributed by atoms with Crippen LogP contribution in [0.4, 0.5) is 0 Å². The summed E-state index contributed by atoms with van der Waals surface area (Å²) in [7, 11) is 0. The Labute approximate surface area is 112 Å². The standard InChI is InChI=1S/C14H31NOS/c1-12(2)7-10-17-9-6-8-14(5,11-16)15-13(3)4/h12-13,15-16H,6-11H2,1-5H3. The van der Waals surface area contributed by atoms with Gasteiger partial charge in [-0.15, -0.1) is 0 Å². The van der Waals surface area contributed by atoms with Crippen LogP contribution in [0.25, 0.3) is 0 Å². The van der Waals surface area contributed by atoms with Crippen molar-refractivity contribution in [2.75, 3.05) is 18.1 Å². The van der Waals surface area contributed by atoms with Crippen molar-refractivity contribution < 1.29 is 5.11 Å². The molecule has 0 amide bonds. The molecule has 0 aromatic carbocycles. The van der Waals surface area contributed by atoms with E-state index in [0.717, 1.165) is 12.3 Å². The highest BCUT2D eigenvalue weighted by Gasteiger charge is 2.22. The van der Waals surface area contributed by atoms with Crippen molar-refractivity contribution in [2.45, 2.75) is 65.5 Å². The largest absolute Gasteiger partial charge is 0.394 e. The van der Waals surface area contributed by atoms with Crippen LogP contribution in [0.1, 0.15) is 53.9 Å². The Morgan fingerprint density at radius 1 is 1.18 bits per heavy atom. The summed E-state index contributed by atoms with van der Waals surface area (Å²) in [5.74, 6) is 3.29. The molecule has 0 aliphatic rings. The topological polar surface area (TPSA) is 32.3 Å². The van der Waals surface area contributed by atoms with E-state index in [-0.39, 0.29) is 12.1 Å². The Balaban J connectivity index is 3.62. The van der Waals surface area contributed by atoms with Gasteiger partial charge in [-0.05, 0) is 43.6 Å². The van der Waals surface area contributed by atoms with Gasteiger partial charge < -0.3 is 10.4 Å². The van der Waals surface area contributed by atoms with Crippen molar-refractivity contribution in [2.24, 2.45) is 5.92 Å². The van der Waals surface area contributed by atoms with Gasteiger partial charge in [-0.3, -0.25) is 0 Å². The molecule has 104 valence electrons. The molecule has 0 heterocycles. The second-order valence-corrected chi connectivity index (χ2v) is 7.14. The smallest absolute Gasteiger partial charge is 0.0610 e. The lowest BCUT2D eigenvalue weighted by Gasteiger charge is -2.31. The van der Waals surface area contributed by atoms with E-state index >= 15 is 0 Å². The molecule has 0 saturated carbocycles. The van der Waals surface area contributed by atoms with Gasteiger partial charge in [-0.2, -0.15) is 11.8 Å². The molecule has 2 N–H and O–H groups in total. The van der Waals surface area contributed by atoms with Crippen molar-refractivity contribution in [3.8, 4) is 0 Å². The predicted molar refractivity (Wildman–Crippen MR) is 79.8 cm³/mol. The van der Waals surface area contributed by atoms with Crippen LogP contribution in [-0.4, -0.2) is 34.8 Å². The van der Waals surface area contributed by atoms with Crippen LogP contribution in [0.5, 0.6) is 0 Å². The van der Waals surface area contributed by atoms with Gasteiger partial charge in [0.15, 0.2) is 0 Å². The molecule has 0 aliphatic heterocycles. The van der Waals surface area contributed by atoms with Gasteiger partial charge in [-0.1, -0.05) is 27.7 Å². The third-order valence-corrected chi connectivity index (χ3v) is 3.94. The highest BCUT2D eigenvalue weighted by molar-refractivity contribution is 7.99. The summed E-state index contributed by atoms with van der Waals surface area (Å²) in [6, 6.07) is 0.431. The van der Waals surface area contributed by atoms with Crippen LogP contribution in [0.3, 0.4) is 0 Å². The Hall–Kier alpha value is 0.270. The molecule has 0 saturated heterocycles. The van der Waals surface area contributed by atoms with Crippen molar-refractivity contribution >= 4 is 11.8 Å². The fraction of sp³-hybridized carbons (Fsp3) is 1.00. The first-order chi connectivity index (χ1) is 7.89. The number of rotatable bonds is 10. The van der Waals surface area contributed by atoms with Crippen LogP contribution in [0.2, 0.25) is 0 Å². The fourth-order valence-electron chi connectivity index (χ4n) is 1.88. The summed E-state index contributed by atoms with van der Waals surface area (Å²) in [5, 5.41) is 12.9. The molecule has 0 aliphatic carbocycles. The molecular weight excluding hydrogens is 230 g/mol. The van der Waals surface area contributed by atoms with Crippen LogP contribution in [-0.2, 0) is 0 Å². The van der Waals surface area contributed by atoms with Crippen LogP contribution in [0, 0.1) is 5.92 Å². The first-order valence-corrected chi connectivity index (χ1v) is 8.01. The molecule has 0 spiro atoms. The summed E-state index contributed by atoms with van der Waals surface area (Å²) in [5.41, 5.74) is -0.104. The fourth-order valence-corrected chi connectivity index (χ4v) is 3.07. The lowest BCUT2D eigenvalue weighted by molar-refractivity contribution is 0.156. The normalized spacial score (nSPS) is 15.5. The molecule has 1 unspecified atom stereocenters. The molecule has 0 bridgehead atoms. The summed E-state index contributed by atoms with van der Waals surface area (Å²) in [6.45, 7) is 11.1. The van der Waals surface area contributed by atoms with Crippen molar-refractivity contribution in [1.82, 2.24) is 5.32 Å². The van der Waals surface area contributed by atoms with Crippen molar-refractivity contribution in [3.05, 3.63) is 0 Å². The zero-order chi connectivity index (χ0) is 13.3. The molecule has 17 heavy (non-hydrogen) atoms. The molecule has 0 aromatic rings. The van der Waals surface area contributed by atoms with Crippen LogP contribution >= 0.6 is 11.8 Å². The summed E-state index contributed by atoms with van der Waals surface area (Å²) in [4.78, 5) is 0. The third-order valence-electron chi connectivity index (χ3n) is 2.84. The van der Waals surface area contributed by atoms with Crippen molar-refractivity contribution in [1.29, 1.82) is 0 Å². The van der Waals surface area contributed by atoms with E-state index < -0.39 is 0 Å². The minimum absolute atomic E-state index is 0.104. The van der Waals surface area contributed by atoms with Gasteiger partial charge in [-0.25, -0.2) is 0 Å². The van der Waals surface area contributed by atoms with Gasteiger partial charge in [0.2, 0.25) is 0 Å². The maximum absolute atomic E-state index is 9.44. The Kier molecular flexibility index (Phi) is 9.38. The van der Waals surface area contributed by atoms with E-state index in [9.17, 15) is 5.11 Å². The zero-order valence-electron chi connectivity index (χ0n) is 12.3. The first-order valence-electron chi connectivity index (χ1n) is 6.86. The zero-order valence-corrected chi connectivity index (χ0v) is 13.1. The maximum atomic E-state index is 9.44. The lowest BCUT2D eigenvalue weighted by atomic mass is 9.96. The summed E-state index contributed by atoms with van der Waals surface area (Å²) in [6.07, 6.45) is 3.54. The van der Waals surface area contributed by atoms with E-state index in [1.54, 1.807) is 0 Å². The van der Waals surface area contributed by atoms with E-state index in [1.807, 2.05) is 11.8 Å². The second kappa shape index (κ2) is 9.23. The molecule has 0 aromatic heterocycles. The van der Waals surface area contributed by atoms with Gasteiger partial charge in [0.1, 0.15) is 0 Å². The number of aliphatic hydroxyl groups excluding tert-OH is 1. The van der Waals surface area contributed by atoms with Gasteiger partial charge >= 0.3 is 0 Å². The number of thioether (sulfide) groups is 1. The molecule has 1 atom stereocenters. The highest BCUT2D eigenvalue weighted by atomic mass is 32.2. The van der Waals surface area contributed by atoms with Gasteiger partial charge in [0.25, 0.3) is 0 Å². The molecule has 3 heteroatoms. The Morgan fingerprint density at radius 2 is 1.82 bits per heavy atom. The lowest BCUT2D eigenvalue weighted by Crippen LogP contribution is -2.49. The van der Waals surface area contributed by atoms with Crippen LogP contribution in [0.15, 0.2) is 0 Å². The summed E-state index contributed by atoms with van der Waals surface area (Å²) >= 11 is 2.04. The molecule has 2 nitrogen and oxygen atoms in total. The van der Waals surface area contributed by atoms with E-state index in [2.05, 4.69) is 39.9 Å². The number of hydrogen-bond acceptors (Lipinski definition) is 3. The quantitative estimate of drug-likeness (QED) is 0.592. The monoisotopic (exact) mass is 261 g/mol. The Bertz CT molecular complexity index is 185. The second-order valence-electron chi connectivity index (χ2n) is 5.92. The average molecular weight is 261 g/mol. The van der Waals surface area contributed by atoms with E-state index in [0.29, 0.717) is 6.04 Å². The minimum atomic E-state index is -0.104. The average Bonchev–Trinajstić information content (AvgIpc) is 2.22. The molecule has 0 fully saturated rings. The SMILES string of the molecule is CC(C)CCSCCCC(C)(CO)NC(C)C. The van der Waals surface area contributed by atoms with Gasteiger partial charge in [0, 0.05) is 11.6 Å². The number of nitrogens with one attached hydrogen (secondary N) is 1. The minimum Gasteiger partial charge on any atom is -0.394 e. The predicted octanol–water partition coefficient (Wildman–Crippen LogP) is 3.29. The van der Waals surface area contributed by atoms with Gasteiger partial charge in [0.05, 0.1) is 6.61 Å². The summed E-state index contributed by atoms with van der Waals surface area (Å²) < 4.78 is 0. The van der Waals surface area contributed by atoms with E-state index in [4.69, 9.17) is 0 Å². The van der Waals surface area contributed by atoms with Crippen LogP contribution < -0.4 is 5.32 Å². The maximum Gasteiger partial charge on any atom is 0.0610 e. The first kappa shape index (κ1) is 17.3. The van der Waals surface area contributed by atoms with E-state index in [1.165, 1.54) is 24.3 Å². The molecular formula is C14H31NOS. The third kappa shape index (κ3) is 9.93. The highest BCUT2D eigenvalue weighted by Crippen LogP contribution is 2.16. The molecule has 0 radical (unpaired) electrons. The molecule has 0 rings (SSSR count).